The fourth-order valence-electron chi connectivity index (χ4n) is 2.50. The Morgan fingerprint density at radius 2 is 2.10 bits per heavy atom. The van der Waals surface area contributed by atoms with E-state index in [4.69, 9.17) is 0 Å². The SMILES string of the molecule is C[NH+](CC(=O)N[C@](C)(C#N)C1CC1)Cc1ccc(Br)cc1. The number of amides is 1. The molecule has 2 rings (SSSR count). The van der Waals surface area contributed by atoms with Crippen molar-refractivity contribution in [2.24, 2.45) is 5.92 Å². The molecule has 112 valence electrons. The second-order valence-corrected chi connectivity index (χ2v) is 6.99. The molecule has 0 heterocycles. The normalized spacial score (nSPS) is 18.4. The molecule has 0 saturated heterocycles. The number of rotatable bonds is 6. The zero-order valence-corrected chi connectivity index (χ0v) is 14.0. The van der Waals surface area contributed by atoms with E-state index in [1.807, 2.05) is 26.1 Å². The quantitative estimate of drug-likeness (QED) is 0.811. The van der Waals surface area contributed by atoms with Crippen molar-refractivity contribution in [3.05, 3.63) is 34.3 Å². The molecule has 0 bridgehead atoms. The summed E-state index contributed by atoms with van der Waals surface area (Å²) in [5.74, 6) is 0.263. The highest BCUT2D eigenvalue weighted by Crippen LogP contribution is 2.39. The van der Waals surface area contributed by atoms with Crippen molar-refractivity contribution in [3.8, 4) is 6.07 Å². The topological polar surface area (TPSA) is 57.3 Å². The molecule has 0 aromatic heterocycles. The van der Waals surface area contributed by atoms with E-state index in [1.54, 1.807) is 0 Å². The van der Waals surface area contributed by atoms with E-state index in [1.165, 1.54) is 5.56 Å². The minimum atomic E-state index is -0.699. The number of nitrogens with zero attached hydrogens (tertiary/aromatic N) is 1. The molecule has 1 saturated carbocycles. The molecule has 1 aliphatic carbocycles. The van der Waals surface area contributed by atoms with E-state index in [2.05, 4.69) is 39.4 Å². The molecular weight excluding hydrogens is 330 g/mol. The smallest absolute Gasteiger partial charge is 0.276 e. The highest BCUT2D eigenvalue weighted by atomic mass is 79.9. The summed E-state index contributed by atoms with van der Waals surface area (Å²) in [6.07, 6.45) is 2.07. The van der Waals surface area contributed by atoms with E-state index >= 15 is 0 Å². The van der Waals surface area contributed by atoms with Crippen LogP contribution in [0.4, 0.5) is 0 Å². The lowest BCUT2D eigenvalue weighted by molar-refractivity contribution is -0.885. The Balaban J connectivity index is 1.84. The Kier molecular flexibility index (Phi) is 5.02. The van der Waals surface area contributed by atoms with Gasteiger partial charge in [0.1, 0.15) is 12.1 Å². The van der Waals surface area contributed by atoms with Crippen LogP contribution in [0, 0.1) is 17.2 Å². The Labute approximate surface area is 134 Å². The second kappa shape index (κ2) is 6.59. The van der Waals surface area contributed by atoms with Crippen molar-refractivity contribution in [1.82, 2.24) is 5.32 Å². The van der Waals surface area contributed by atoms with Crippen LogP contribution in [-0.2, 0) is 11.3 Å². The van der Waals surface area contributed by atoms with E-state index < -0.39 is 5.54 Å². The van der Waals surface area contributed by atoms with Crippen molar-refractivity contribution < 1.29 is 9.69 Å². The number of benzene rings is 1. The summed E-state index contributed by atoms with van der Waals surface area (Å²) in [7, 11) is 1.99. The standard InChI is InChI=1S/C16H20BrN3O/c1-16(11-18,13-5-6-13)19-15(21)10-20(2)9-12-3-7-14(17)8-4-12/h3-4,7-8,13H,5-6,9-10H2,1-2H3,(H,19,21)/p+1/t16-/m1/s1. The number of carbonyl (C=O) groups is 1. The third-order valence-corrected chi connectivity index (χ3v) is 4.44. The van der Waals surface area contributed by atoms with Crippen LogP contribution in [-0.4, -0.2) is 25.0 Å². The molecule has 0 radical (unpaired) electrons. The van der Waals surface area contributed by atoms with E-state index in [0.29, 0.717) is 12.5 Å². The van der Waals surface area contributed by atoms with Gasteiger partial charge in [0, 0.05) is 10.0 Å². The molecule has 4 nitrogen and oxygen atoms in total. The van der Waals surface area contributed by atoms with Crippen molar-refractivity contribution in [2.45, 2.75) is 31.8 Å². The van der Waals surface area contributed by atoms with Gasteiger partial charge in [0.25, 0.3) is 5.91 Å². The molecule has 5 heteroatoms. The second-order valence-electron chi connectivity index (χ2n) is 6.07. The zero-order chi connectivity index (χ0) is 15.5. The fourth-order valence-corrected chi connectivity index (χ4v) is 2.77. The van der Waals surface area contributed by atoms with E-state index in [0.717, 1.165) is 28.8 Å². The molecule has 1 aromatic rings. The van der Waals surface area contributed by atoms with Gasteiger partial charge in [0.2, 0.25) is 0 Å². The lowest BCUT2D eigenvalue weighted by Gasteiger charge is -2.23. The van der Waals surface area contributed by atoms with Crippen molar-refractivity contribution in [2.75, 3.05) is 13.6 Å². The molecule has 1 unspecified atom stereocenters. The Morgan fingerprint density at radius 3 is 2.62 bits per heavy atom. The maximum Gasteiger partial charge on any atom is 0.276 e. The summed E-state index contributed by atoms with van der Waals surface area (Å²) in [5.41, 5.74) is 0.489. The molecule has 1 amide bonds. The van der Waals surface area contributed by atoms with Gasteiger partial charge in [-0.25, -0.2) is 0 Å². The van der Waals surface area contributed by atoms with Crippen molar-refractivity contribution in [3.63, 3.8) is 0 Å². The molecule has 0 aliphatic heterocycles. The number of quaternary nitrogens is 1. The minimum absolute atomic E-state index is 0.0550. The molecule has 2 atom stereocenters. The first-order chi connectivity index (χ1) is 9.93. The summed E-state index contributed by atoms with van der Waals surface area (Å²) >= 11 is 3.41. The van der Waals surface area contributed by atoms with Gasteiger partial charge in [-0.15, -0.1) is 0 Å². The summed E-state index contributed by atoms with van der Waals surface area (Å²) in [6, 6.07) is 10.4. The maximum absolute atomic E-state index is 12.1. The molecular formula is C16H21BrN3O+. The molecule has 1 aromatic carbocycles. The molecule has 1 fully saturated rings. The number of halogens is 1. The van der Waals surface area contributed by atoms with Crippen molar-refractivity contribution in [1.29, 1.82) is 5.26 Å². The van der Waals surface area contributed by atoms with Crippen LogP contribution in [0.3, 0.4) is 0 Å². The Bertz CT molecular complexity index is 548. The van der Waals surface area contributed by atoms with Crippen LogP contribution in [0.5, 0.6) is 0 Å². The van der Waals surface area contributed by atoms with Gasteiger partial charge in [-0.05, 0) is 37.8 Å². The third kappa shape index (κ3) is 4.55. The predicted molar refractivity (Wildman–Crippen MR) is 84.5 cm³/mol. The van der Waals surface area contributed by atoms with Gasteiger partial charge in [-0.1, -0.05) is 28.1 Å². The van der Waals surface area contributed by atoms with Crippen LogP contribution in [0.15, 0.2) is 28.7 Å². The van der Waals surface area contributed by atoms with Crippen LogP contribution in [0.25, 0.3) is 0 Å². The van der Waals surface area contributed by atoms with Gasteiger partial charge in [-0.2, -0.15) is 5.26 Å². The van der Waals surface area contributed by atoms with Gasteiger partial charge in [0.05, 0.1) is 13.1 Å². The number of carbonyl (C=O) groups excluding carboxylic acids is 1. The summed E-state index contributed by atoms with van der Waals surface area (Å²) < 4.78 is 1.05. The van der Waals surface area contributed by atoms with E-state index in [-0.39, 0.29) is 5.91 Å². The van der Waals surface area contributed by atoms with Crippen LogP contribution >= 0.6 is 15.9 Å². The number of nitrogens with one attached hydrogen (secondary N) is 2. The van der Waals surface area contributed by atoms with Gasteiger partial charge >= 0.3 is 0 Å². The highest BCUT2D eigenvalue weighted by molar-refractivity contribution is 9.10. The average molecular weight is 351 g/mol. The lowest BCUT2D eigenvalue weighted by atomic mass is 9.98. The lowest BCUT2D eigenvalue weighted by Crippen LogP contribution is -3.09. The monoisotopic (exact) mass is 350 g/mol. The van der Waals surface area contributed by atoms with Crippen LogP contribution < -0.4 is 10.2 Å². The molecule has 2 N–H and O–H groups in total. The predicted octanol–water partition coefficient (Wildman–Crippen LogP) is 1.27. The summed E-state index contributed by atoms with van der Waals surface area (Å²) in [5, 5.41) is 12.2. The molecule has 1 aliphatic rings. The van der Waals surface area contributed by atoms with Gasteiger partial charge in [0.15, 0.2) is 6.54 Å². The molecule has 21 heavy (non-hydrogen) atoms. The minimum Gasteiger partial charge on any atom is -0.333 e. The number of nitriles is 1. The number of hydrogen-bond donors (Lipinski definition) is 2. The summed E-state index contributed by atoms with van der Waals surface area (Å²) in [6.45, 7) is 2.99. The van der Waals surface area contributed by atoms with Crippen molar-refractivity contribution >= 4 is 21.8 Å². The Morgan fingerprint density at radius 1 is 1.48 bits per heavy atom. The van der Waals surface area contributed by atoms with Gasteiger partial charge < -0.3 is 10.2 Å². The van der Waals surface area contributed by atoms with Crippen LogP contribution in [0.1, 0.15) is 25.3 Å². The first kappa shape index (κ1) is 16.0. The first-order valence-electron chi connectivity index (χ1n) is 7.21. The fraction of sp³-hybridized carbons (Fsp3) is 0.500. The molecule has 0 spiro atoms. The average Bonchev–Trinajstić information content (AvgIpc) is 3.25. The summed E-state index contributed by atoms with van der Waals surface area (Å²) in [4.78, 5) is 13.2. The Hall–Kier alpha value is -1.38. The first-order valence-corrected chi connectivity index (χ1v) is 8.00. The number of likely N-dealkylation sites (N-methyl/N-ethyl adjacent to an activating group) is 1. The number of hydrogen-bond acceptors (Lipinski definition) is 2. The van der Waals surface area contributed by atoms with Gasteiger partial charge in [-0.3, -0.25) is 4.79 Å². The highest BCUT2D eigenvalue weighted by Gasteiger charge is 2.43. The largest absolute Gasteiger partial charge is 0.333 e. The van der Waals surface area contributed by atoms with E-state index in [9.17, 15) is 10.1 Å². The maximum atomic E-state index is 12.1. The third-order valence-electron chi connectivity index (χ3n) is 3.91. The van der Waals surface area contributed by atoms with Crippen LogP contribution in [0.2, 0.25) is 0 Å². The zero-order valence-electron chi connectivity index (χ0n) is 12.4.